The van der Waals surface area contributed by atoms with Crippen LogP contribution in [0, 0.1) is 5.82 Å². The predicted octanol–water partition coefficient (Wildman–Crippen LogP) is 2.82. The second kappa shape index (κ2) is 7.69. The molecule has 25 heavy (non-hydrogen) atoms. The number of carboxylic acid groups (broad SMARTS) is 1. The van der Waals surface area contributed by atoms with Gasteiger partial charge in [0.05, 0.1) is 26.3 Å². The number of rotatable bonds is 7. The number of esters is 1. The summed E-state index contributed by atoms with van der Waals surface area (Å²) in [5, 5.41) is 12.2. The summed E-state index contributed by atoms with van der Waals surface area (Å²) in [6.07, 6.45) is 0.347. The number of carboxylic acids is 1. The van der Waals surface area contributed by atoms with E-state index in [0.717, 1.165) is 0 Å². The summed E-state index contributed by atoms with van der Waals surface area (Å²) in [6, 6.07) is 4.33. The number of aromatic amines is 1. The molecule has 7 nitrogen and oxygen atoms in total. The molecule has 0 unspecified atom stereocenters. The first kappa shape index (κ1) is 18.3. The molecule has 0 aliphatic carbocycles. The van der Waals surface area contributed by atoms with E-state index in [4.69, 9.17) is 9.47 Å². The summed E-state index contributed by atoms with van der Waals surface area (Å²) in [5.41, 5.74) is 1.32. The lowest BCUT2D eigenvalue weighted by Gasteiger charge is -2.09. The molecule has 2 rings (SSSR count). The largest absolute Gasteiger partial charge is 0.494 e. The lowest BCUT2D eigenvalue weighted by molar-refractivity contribution is 0.0598. The van der Waals surface area contributed by atoms with Crippen LogP contribution in [-0.2, 0) is 17.7 Å². The van der Waals surface area contributed by atoms with Crippen LogP contribution in [0.3, 0.4) is 0 Å². The molecular formula is C17H19FN2O5. The Labute approximate surface area is 143 Å². The van der Waals surface area contributed by atoms with Gasteiger partial charge in [-0.15, -0.1) is 0 Å². The van der Waals surface area contributed by atoms with E-state index in [9.17, 15) is 19.1 Å². The minimum atomic E-state index is -1.16. The highest BCUT2D eigenvalue weighted by atomic mass is 19.1. The summed E-state index contributed by atoms with van der Waals surface area (Å²) in [6.45, 7) is 1.84. The average Bonchev–Trinajstić information content (AvgIpc) is 2.98. The van der Waals surface area contributed by atoms with Crippen LogP contribution in [0.2, 0.25) is 0 Å². The van der Waals surface area contributed by atoms with Crippen molar-refractivity contribution in [2.45, 2.75) is 19.9 Å². The first-order chi connectivity index (χ1) is 11.9. The van der Waals surface area contributed by atoms with E-state index in [1.54, 1.807) is 13.0 Å². The topological polar surface area (TPSA) is 101 Å². The Morgan fingerprint density at radius 3 is 2.56 bits per heavy atom. The summed E-state index contributed by atoms with van der Waals surface area (Å²) in [4.78, 5) is 26.2. The molecule has 0 spiro atoms. The highest BCUT2D eigenvalue weighted by Gasteiger charge is 2.25. The van der Waals surface area contributed by atoms with Crippen molar-refractivity contribution in [3.05, 3.63) is 46.5 Å². The SMILES string of the molecule is CCc1c(C(=O)O)[nH]c(CNc2ccc(OC)c(F)c2)c1C(=O)OC. The van der Waals surface area contributed by atoms with E-state index in [1.165, 1.54) is 26.4 Å². The number of nitrogens with one attached hydrogen (secondary N) is 2. The monoisotopic (exact) mass is 350 g/mol. The van der Waals surface area contributed by atoms with Gasteiger partial charge in [-0.2, -0.15) is 0 Å². The number of anilines is 1. The molecule has 134 valence electrons. The molecule has 8 heteroatoms. The predicted molar refractivity (Wildman–Crippen MR) is 88.7 cm³/mol. The fourth-order valence-corrected chi connectivity index (χ4v) is 2.58. The van der Waals surface area contributed by atoms with Crippen molar-refractivity contribution >= 4 is 17.6 Å². The van der Waals surface area contributed by atoms with Crippen LogP contribution in [0.15, 0.2) is 18.2 Å². The zero-order chi connectivity index (χ0) is 18.6. The lowest BCUT2D eigenvalue weighted by atomic mass is 10.1. The second-order valence-electron chi connectivity index (χ2n) is 5.19. The quantitative estimate of drug-likeness (QED) is 0.664. The molecule has 0 radical (unpaired) electrons. The minimum absolute atomic E-state index is 0.0550. The van der Waals surface area contributed by atoms with Crippen molar-refractivity contribution in [3.8, 4) is 5.75 Å². The van der Waals surface area contributed by atoms with E-state index >= 15 is 0 Å². The number of hydrogen-bond donors (Lipinski definition) is 3. The third-order valence-electron chi connectivity index (χ3n) is 3.76. The number of methoxy groups -OCH3 is 2. The fourth-order valence-electron chi connectivity index (χ4n) is 2.58. The van der Waals surface area contributed by atoms with Crippen molar-refractivity contribution in [3.63, 3.8) is 0 Å². The molecule has 2 aromatic rings. The van der Waals surface area contributed by atoms with Crippen molar-refractivity contribution in [2.24, 2.45) is 0 Å². The smallest absolute Gasteiger partial charge is 0.352 e. The average molecular weight is 350 g/mol. The van der Waals surface area contributed by atoms with Crippen LogP contribution in [-0.4, -0.2) is 36.2 Å². The number of hydrogen-bond acceptors (Lipinski definition) is 5. The van der Waals surface area contributed by atoms with Gasteiger partial charge in [-0.25, -0.2) is 14.0 Å². The van der Waals surface area contributed by atoms with Crippen LogP contribution < -0.4 is 10.1 Å². The Morgan fingerprint density at radius 1 is 1.32 bits per heavy atom. The Kier molecular flexibility index (Phi) is 5.63. The molecule has 1 aromatic heterocycles. The number of benzene rings is 1. The summed E-state index contributed by atoms with van der Waals surface area (Å²) < 4.78 is 23.4. The van der Waals surface area contributed by atoms with E-state index in [-0.39, 0.29) is 23.6 Å². The Morgan fingerprint density at radius 2 is 2.04 bits per heavy atom. The van der Waals surface area contributed by atoms with E-state index in [1.807, 2.05) is 0 Å². The molecule has 1 aromatic carbocycles. The van der Waals surface area contributed by atoms with Gasteiger partial charge in [0.2, 0.25) is 0 Å². The minimum Gasteiger partial charge on any atom is -0.494 e. The Hall–Kier alpha value is -3.03. The van der Waals surface area contributed by atoms with Gasteiger partial charge in [-0.05, 0) is 24.1 Å². The van der Waals surface area contributed by atoms with Gasteiger partial charge in [-0.1, -0.05) is 6.92 Å². The van der Waals surface area contributed by atoms with Gasteiger partial charge in [0.1, 0.15) is 5.69 Å². The molecule has 0 bridgehead atoms. The van der Waals surface area contributed by atoms with Crippen molar-refractivity contribution in [2.75, 3.05) is 19.5 Å². The molecule has 0 atom stereocenters. The normalized spacial score (nSPS) is 10.4. The summed E-state index contributed by atoms with van der Waals surface area (Å²) in [7, 11) is 2.60. The Balaban J connectivity index is 2.33. The summed E-state index contributed by atoms with van der Waals surface area (Å²) in [5.74, 6) is -2.21. The maximum atomic E-state index is 13.7. The van der Waals surface area contributed by atoms with Crippen LogP contribution in [0.5, 0.6) is 5.75 Å². The third-order valence-corrected chi connectivity index (χ3v) is 3.76. The van der Waals surface area contributed by atoms with Crippen molar-refractivity contribution in [1.29, 1.82) is 0 Å². The van der Waals surface area contributed by atoms with Crippen LogP contribution in [0.1, 0.15) is 39.0 Å². The maximum Gasteiger partial charge on any atom is 0.352 e. The third kappa shape index (κ3) is 3.73. The number of aromatic carboxylic acids is 1. The van der Waals surface area contributed by atoms with E-state index < -0.39 is 17.8 Å². The standard InChI is InChI=1S/C17H19FN2O5/c1-4-10-14(17(23)25-3)12(20-15(10)16(21)22)8-19-9-5-6-13(24-2)11(18)7-9/h5-7,19-20H,4,8H2,1-3H3,(H,21,22). The highest BCUT2D eigenvalue weighted by molar-refractivity contribution is 5.98. The first-order valence-corrected chi connectivity index (χ1v) is 7.55. The maximum absolute atomic E-state index is 13.7. The molecule has 0 saturated heterocycles. The van der Waals surface area contributed by atoms with E-state index in [2.05, 4.69) is 10.3 Å². The molecule has 0 saturated carbocycles. The van der Waals surface area contributed by atoms with Gasteiger partial charge >= 0.3 is 11.9 Å². The molecule has 0 aliphatic heterocycles. The van der Waals surface area contributed by atoms with Gasteiger partial charge in [0, 0.05) is 17.4 Å². The number of carbonyl (C=O) groups is 2. The first-order valence-electron chi connectivity index (χ1n) is 7.55. The highest BCUT2D eigenvalue weighted by Crippen LogP contribution is 2.24. The molecular weight excluding hydrogens is 331 g/mol. The number of H-pyrrole nitrogens is 1. The molecule has 0 fully saturated rings. The zero-order valence-electron chi connectivity index (χ0n) is 14.1. The molecule has 1 heterocycles. The molecule has 3 N–H and O–H groups in total. The van der Waals surface area contributed by atoms with Gasteiger partial charge in [-0.3, -0.25) is 0 Å². The van der Waals surface area contributed by atoms with Gasteiger partial charge < -0.3 is 24.9 Å². The van der Waals surface area contributed by atoms with E-state index in [0.29, 0.717) is 23.4 Å². The van der Waals surface area contributed by atoms with Crippen LogP contribution in [0.25, 0.3) is 0 Å². The number of aromatic nitrogens is 1. The number of halogens is 1. The number of carbonyl (C=O) groups excluding carboxylic acids is 1. The van der Waals surface area contributed by atoms with Gasteiger partial charge in [0.15, 0.2) is 11.6 Å². The summed E-state index contributed by atoms with van der Waals surface area (Å²) >= 11 is 0. The van der Waals surface area contributed by atoms with Crippen LogP contribution >= 0.6 is 0 Å². The van der Waals surface area contributed by atoms with Crippen molar-refractivity contribution < 1.29 is 28.6 Å². The van der Waals surface area contributed by atoms with Crippen molar-refractivity contribution in [1.82, 2.24) is 4.98 Å². The lowest BCUT2D eigenvalue weighted by Crippen LogP contribution is -2.10. The molecule has 0 aliphatic rings. The van der Waals surface area contributed by atoms with Crippen LogP contribution in [0.4, 0.5) is 10.1 Å². The fraction of sp³-hybridized carbons (Fsp3) is 0.294. The number of ether oxygens (including phenoxy) is 2. The van der Waals surface area contributed by atoms with Gasteiger partial charge in [0.25, 0.3) is 0 Å². The second-order valence-corrected chi connectivity index (χ2v) is 5.19. The Bertz CT molecular complexity index is 801. The zero-order valence-corrected chi connectivity index (χ0v) is 14.1. The molecule has 0 amide bonds.